The van der Waals surface area contributed by atoms with Crippen LogP contribution in [0.15, 0.2) is 78.9 Å². The van der Waals surface area contributed by atoms with Gasteiger partial charge in [0.1, 0.15) is 18.0 Å². The first-order valence-corrected chi connectivity index (χ1v) is 10.8. The molecule has 0 spiro atoms. The number of para-hydroxylation sites is 1. The van der Waals surface area contributed by atoms with E-state index in [1.54, 1.807) is 69.3 Å². The van der Waals surface area contributed by atoms with Crippen LogP contribution in [0.25, 0.3) is 0 Å². The van der Waals surface area contributed by atoms with E-state index in [2.05, 4.69) is 5.32 Å². The molecule has 3 aromatic carbocycles. The van der Waals surface area contributed by atoms with Gasteiger partial charge in [0.05, 0.1) is 12.8 Å². The summed E-state index contributed by atoms with van der Waals surface area (Å²) in [4.78, 5) is 25.9. The monoisotopic (exact) mass is 463 g/mol. The SMILES string of the molecule is COc1ccc([C@](O)(C(=O)OCc2ccccc2)c2ccccc2NC(=O)OC(C)(C)C)cc1. The molecule has 0 bridgehead atoms. The molecule has 2 N–H and O–H groups in total. The number of anilines is 1. The number of hydrogen-bond donors (Lipinski definition) is 2. The lowest BCUT2D eigenvalue weighted by Gasteiger charge is -2.29. The molecule has 7 heteroatoms. The number of carbonyl (C=O) groups is 2. The predicted molar refractivity (Wildman–Crippen MR) is 129 cm³/mol. The summed E-state index contributed by atoms with van der Waals surface area (Å²) in [5.74, 6) is -0.330. The Morgan fingerprint density at radius 1 is 0.882 bits per heavy atom. The van der Waals surface area contributed by atoms with Crippen LogP contribution in [0.4, 0.5) is 10.5 Å². The third kappa shape index (κ3) is 5.94. The highest BCUT2D eigenvalue weighted by Gasteiger charge is 2.44. The molecule has 0 aromatic heterocycles. The first-order valence-electron chi connectivity index (χ1n) is 10.8. The van der Waals surface area contributed by atoms with Crippen LogP contribution in [0.3, 0.4) is 0 Å². The number of amides is 1. The largest absolute Gasteiger partial charge is 0.497 e. The van der Waals surface area contributed by atoms with Crippen LogP contribution in [-0.4, -0.2) is 29.9 Å². The second-order valence-corrected chi connectivity index (χ2v) is 8.67. The average Bonchev–Trinajstić information content (AvgIpc) is 2.82. The van der Waals surface area contributed by atoms with Gasteiger partial charge in [0.25, 0.3) is 0 Å². The normalized spacial score (nSPS) is 12.9. The van der Waals surface area contributed by atoms with Crippen molar-refractivity contribution in [3.05, 3.63) is 95.6 Å². The van der Waals surface area contributed by atoms with E-state index < -0.39 is 23.3 Å². The van der Waals surface area contributed by atoms with Crippen LogP contribution < -0.4 is 10.1 Å². The molecule has 0 aliphatic heterocycles. The molecular formula is C27H29NO6. The Hall–Kier alpha value is -3.84. The molecule has 0 radical (unpaired) electrons. The highest BCUT2D eigenvalue weighted by molar-refractivity contribution is 5.92. The zero-order valence-corrected chi connectivity index (χ0v) is 19.7. The number of rotatable bonds is 7. The summed E-state index contributed by atoms with van der Waals surface area (Å²) in [5, 5.41) is 14.5. The van der Waals surface area contributed by atoms with Crippen molar-refractivity contribution in [3.63, 3.8) is 0 Å². The second kappa shape index (κ2) is 10.4. The van der Waals surface area contributed by atoms with Crippen molar-refractivity contribution in [2.45, 2.75) is 38.6 Å². The standard InChI is InChI=1S/C27H29NO6/c1-26(2,3)34-25(30)28-23-13-9-8-12-22(23)27(31,20-14-16-21(32-4)17-15-20)24(29)33-18-19-10-6-5-7-11-19/h5-17,31H,18H2,1-4H3,(H,28,30)/t27-/m1/s1. The molecule has 0 heterocycles. The molecule has 178 valence electrons. The van der Waals surface area contributed by atoms with Crippen molar-refractivity contribution in [1.82, 2.24) is 0 Å². The molecule has 0 aliphatic carbocycles. The van der Waals surface area contributed by atoms with Gasteiger partial charge >= 0.3 is 12.1 Å². The van der Waals surface area contributed by atoms with Gasteiger partial charge in [0.2, 0.25) is 5.60 Å². The Morgan fingerprint density at radius 3 is 2.12 bits per heavy atom. The minimum Gasteiger partial charge on any atom is -0.497 e. The molecule has 34 heavy (non-hydrogen) atoms. The van der Waals surface area contributed by atoms with Gasteiger partial charge in [-0.05, 0) is 50.1 Å². The molecule has 3 aromatic rings. The Balaban J connectivity index is 2.01. The fourth-order valence-corrected chi connectivity index (χ4v) is 3.36. The zero-order valence-electron chi connectivity index (χ0n) is 19.7. The number of nitrogens with one attached hydrogen (secondary N) is 1. The smallest absolute Gasteiger partial charge is 0.412 e. The fraction of sp³-hybridized carbons (Fsp3) is 0.259. The van der Waals surface area contributed by atoms with E-state index in [1.165, 1.54) is 7.11 Å². The molecule has 0 fully saturated rings. The number of ether oxygens (including phenoxy) is 3. The fourth-order valence-electron chi connectivity index (χ4n) is 3.36. The molecule has 0 saturated heterocycles. The summed E-state index contributed by atoms with van der Waals surface area (Å²) >= 11 is 0. The molecule has 0 unspecified atom stereocenters. The molecule has 0 saturated carbocycles. The van der Waals surface area contributed by atoms with Gasteiger partial charge in [-0.2, -0.15) is 0 Å². The summed E-state index contributed by atoms with van der Waals surface area (Å²) in [6.45, 7) is 5.20. The van der Waals surface area contributed by atoms with Crippen LogP contribution in [0.1, 0.15) is 37.5 Å². The average molecular weight is 464 g/mol. The Labute approximate surface area is 199 Å². The van der Waals surface area contributed by atoms with Crippen LogP contribution in [0.5, 0.6) is 5.75 Å². The van der Waals surface area contributed by atoms with E-state index >= 15 is 0 Å². The summed E-state index contributed by atoms with van der Waals surface area (Å²) in [7, 11) is 1.52. The van der Waals surface area contributed by atoms with Crippen molar-refractivity contribution < 1.29 is 28.9 Å². The van der Waals surface area contributed by atoms with E-state index in [0.29, 0.717) is 5.75 Å². The van der Waals surface area contributed by atoms with Crippen LogP contribution in [0.2, 0.25) is 0 Å². The molecule has 7 nitrogen and oxygen atoms in total. The van der Waals surface area contributed by atoms with Gasteiger partial charge in [-0.3, -0.25) is 5.32 Å². The maximum atomic E-state index is 13.4. The van der Waals surface area contributed by atoms with E-state index in [9.17, 15) is 14.7 Å². The van der Waals surface area contributed by atoms with E-state index in [1.807, 2.05) is 30.3 Å². The van der Waals surface area contributed by atoms with E-state index in [0.717, 1.165) is 5.56 Å². The minimum atomic E-state index is -2.22. The molecule has 1 amide bonds. The van der Waals surface area contributed by atoms with Gasteiger partial charge in [0, 0.05) is 5.56 Å². The highest BCUT2D eigenvalue weighted by atomic mass is 16.6. The van der Waals surface area contributed by atoms with Crippen molar-refractivity contribution in [2.24, 2.45) is 0 Å². The first-order chi connectivity index (χ1) is 16.1. The third-order valence-electron chi connectivity index (χ3n) is 4.97. The summed E-state index contributed by atoms with van der Waals surface area (Å²) < 4.78 is 16.1. The highest BCUT2D eigenvalue weighted by Crippen LogP contribution is 2.37. The Morgan fingerprint density at radius 2 is 1.50 bits per heavy atom. The van der Waals surface area contributed by atoms with Crippen molar-refractivity contribution in [1.29, 1.82) is 0 Å². The Bertz CT molecular complexity index is 1120. The maximum Gasteiger partial charge on any atom is 0.412 e. The number of aliphatic hydroxyl groups is 1. The maximum absolute atomic E-state index is 13.4. The van der Waals surface area contributed by atoms with Crippen LogP contribution in [0, 0.1) is 0 Å². The van der Waals surface area contributed by atoms with Gasteiger partial charge in [-0.15, -0.1) is 0 Å². The zero-order chi connectivity index (χ0) is 24.8. The van der Waals surface area contributed by atoms with Crippen molar-refractivity contribution in [3.8, 4) is 5.75 Å². The van der Waals surface area contributed by atoms with Gasteiger partial charge < -0.3 is 19.3 Å². The first kappa shape index (κ1) is 24.8. The topological polar surface area (TPSA) is 94.1 Å². The van der Waals surface area contributed by atoms with Crippen LogP contribution >= 0.6 is 0 Å². The van der Waals surface area contributed by atoms with Gasteiger partial charge in [-0.25, -0.2) is 9.59 Å². The van der Waals surface area contributed by atoms with Crippen LogP contribution in [-0.2, 0) is 26.5 Å². The summed E-state index contributed by atoms with van der Waals surface area (Å²) in [6.07, 6.45) is -0.713. The lowest BCUT2D eigenvalue weighted by molar-refractivity contribution is -0.163. The summed E-state index contributed by atoms with van der Waals surface area (Å²) in [5.41, 5.74) is -1.55. The number of carbonyl (C=O) groups excluding carboxylic acids is 2. The Kier molecular flexibility index (Phi) is 7.58. The number of hydrogen-bond acceptors (Lipinski definition) is 6. The molecule has 1 atom stereocenters. The number of esters is 1. The second-order valence-electron chi connectivity index (χ2n) is 8.67. The number of benzene rings is 3. The molecule has 3 rings (SSSR count). The lowest BCUT2D eigenvalue weighted by Crippen LogP contribution is -2.39. The van der Waals surface area contributed by atoms with Gasteiger partial charge in [0.15, 0.2) is 0 Å². The third-order valence-corrected chi connectivity index (χ3v) is 4.97. The molecule has 0 aliphatic rings. The summed E-state index contributed by atoms with van der Waals surface area (Å²) in [6, 6.07) is 22.1. The van der Waals surface area contributed by atoms with E-state index in [-0.39, 0.29) is 23.4 Å². The molecular weight excluding hydrogens is 434 g/mol. The number of methoxy groups -OCH3 is 1. The quantitative estimate of drug-likeness (QED) is 0.478. The van der Waals surface area contributed by atoms with Crippen molar-refractivity contribution >= 4 is 17.7 Å². The predicted octanol–water partition coefficient (Wildman–Crippen LogP) is 5.02. The van der Waals surface area contributed by atoms with Crippen molar-refractivity contribution in [2.75, 3.05) is 12.4 Å². The lowest BCUT2D eigenvalue weighted by atomic mass is 9.85. The van der Waals surface area contributed by atoms with Gasteiger partial charge in [-0.1, -0.05) is 60.7 Å². The van der Waals surface area contributed by atoms with E-state index in [4.69, 9.17) is 14.2 Å². The minimum absolute atomic E-state index is 0.0280.